The van der Waals surface area contributed by atoms with Gasteiger partial charge in [0.1, 0.15) is 5.54 Å². The lowest BCUT2D eigenvalue weighted by Gasteiger charge is -2.31. The van der Waals surface area contributed by atoms with Gasteiger partial charge in [0.15, 0.2) is 5.82 Å². The van der Waals surface area contributed by atoms with Crippen molar-refractivity contribution in [3.05, 3.63) is 11.8 Å². The molecule has 6 nitrogen and oxygen atoms in total. The Labute approximate surface area is 124 Å². The summed E-state index contributed by atoms with van der Waals surface area (Å²) >= 11 is 0. The average molecular weight is 292 g/mol. The Bertz CT molecular complexity index is 488. The molecular weight excluding hydrogens is 268 g/mol. The Hall–Kier alpha value is -1.40. The SMILES string of the molecule is NC1(C(=O)Nc2cc(C3CCCCC3)[nH]n2)CCOCC1. The normalized spacial score (nSPS) is 22.9. The monoisotopic (exact) mass is 292 g/mol. The lowest BCUT2D eigenvalue weighted by Crippen LogP contribution is -2.54. The highest BCUT2D eigenvalue weighted by Crippen LogP contribution is 2.32. The number of hydrogen-bond donors (Lipinski definition) is 3. The lowest BCUT2D eigenvalue weighted by atomic mass is 9.87. The van der Waals surface area contributed by atoms with Crippen LogP contribution in [0.5, 0.6) is 0 Å². The molecule has 116 valence electrons. The van der Waals surface area contributed by atoms with Crippen LogP contribution in [0.3, 0.4) is 0 Å². The van der Waals surface area contributed by atoms with E-state index in [2.05, 4.69) is 15.5 Å². The average Bonchev–Trinajstić information content (AvgIpc) is 2.97. The van der Waals surface area contributed by atoms with Gasteiger partial charge in [0.25, 0.3) is 0 Å². The van der Waals surface area contributed by atoms with Crippen LogP contribution in [0.15, 0.2) is 6.07 Å². The molecule has 0 bridgehead atoms. The molecule has 2 aliphatic rings. The third-order valence-electron chi connectivity index (χ3n) is 4.72. The molecule has 1 aliphatic heterocycles. The van der Waals surface area contributed by atoms with Crippen molar-refractivity contribution in [1.82, 2.24) is 10.2 Å². The number of nitrogens with one attached hydrogen (secondary N) is 2. The highest BCUT2D eigenvalue weighted by atomic mass is 16.5. The molecule has 1 aromatic heterocycles. The number of nitrogens with two attached hydrogens (primary N) is 1. The minimum absolute atomic E-state index is 0.160. The van der Waals surface area contributed by atoms with E-state index in [4.69, 9.17) is 10.5 Å². The summed E-state index contributed by atoms with van der Waals surface area (Å²) in [6.07, 6.45) is 7.39. The Kier molecular flexibility index (Phi) is 4.26. The molecule has 0 unspecified atom stereocenters. The van der Waals surface area contributed by atoms with E-state index in [0.29, 0.717) is 37.8 Å². The Balaban J connectivity index is 1.62. The Morgan fingerprint density at radius 2 is 2.05 bits per heavy atom. The minimum atomic E-state index is -0.831. The van der Waals surface area contributed by atoms with Crippen LogP contribution in [0, 0.1) is 0 Å². The van der Waals surface area contributed by atoms with Gasteiger partial charge in [-0.3, -0.25) is 9.89 Å². The quantitative estimate of drug-likeness (QED) is 0.793. The van der Waals surface area contributed by atoms with Crippen molar-refractivity contribution in [3.63, 3.8) is 0 Å². The van der Waals surface area contributed by atoms with Gasteiger partial charge in [-0.2, -0.15) is 5.10 Å². The van der Waals surface area contributed by atoms with E-state index in [1.165, 1.54) is 32.1 Å². The number of carbonyl (C=O) groups is 1. The molecule has 0 atom stereocenters. The van der Waals surface area contributed by atoms with Crippen molar-refractivity contribution < 1.29 is 9.53 Å². The van der Waals surface area contributed by atoms with E-state index in [1.807, 2.05) is 6.07 Å². The largest absolute Gasteiger partial charge is 0.381 e. The first-order valence-corrected chi connectivity index (χ1v) is 7.91. The fraction of sp³-hybridized carbons (Fsp3) is 0.733. The molecule has 0 spiro atoms. The molecule has 1 saturated carbocycles. The number of carbonyl (C=O) groups excluding carboxylic acids is 1. The molecule has 3 rings (SSSR count). The van der Waals surface area contributed by atoms with Crippen molar-refractivity contribution in [2.75, 3.05) is 18.5 Å². The van der Waals surface area contributed by atoms with Gasteiger partial charge >= 0.3 is 0 Å². The number of anilines is 1. The lowest BCUT2D eigenvalue weighted by molar-refractivity contribution is -0.124. The topological polar surface area (TPSA) is 93.0 Å². The second kappa shape index (κ2) is 6.15. The fourth-order valence-corrected chi connectivity index (χ4v) is 3.23. The molecule has 2 heterocycles. The summed E-state index contributed by atoms with van der Waals surface area (Å²) in [6, 6.07) is 1.95. The van der Waals surface area contributed by atoms with E-state index >= 15 is 0 Å². The van der Waals surface area contributed by atoms with Crippen LogP contribution in [-0.2, 0) is 9.53 Å². The highest BCUT2D eigenvalue weighted by molar-refractivity contribution is 5.97. The molecule has 6 heteroatoms. The van der Waals surface area contributed by atoms with E-state index in [-0.39, 0.29) is 5.91 Å². The summed E-state index contributed by atoms with van der Waals surface area (Å²) < 4.78 is 5.27. The van der Waals surface area contributed by atoms with Crippen molar-refractivity contribution >= 4 is 11.7 Å². The summed E-state index contributed by atoms with van der Waals surface area (Å²) in [4.78, 5) is 12.3. The zero-order valence-corrected chi connectivity index (χ0v) is 12.4. The van der Waals surface area contributed by atoms with Crippen molar-refractivity contribution in [1.29, 1.82) is 0 Å². The predicted molar refractivity (Wildman–Crippen MR) is 80.0 cm³/mol. The predicted octanol–water partition coefficient (Wildman–Crippen LogP) is 1.90. The number of H-pyrrole nitrogens is 1. The van der Waals surface area contributed by atoms with Gasteiger partial charge in [-0.05, 0) is 25.7 Å². The molecule has 1 aromatic rings. The van der Waals surface area contributed by atoms with Gasteiger partial charge in [0.2, 0.25) is 5.91 Å². The molecule has 1 saturated heterocycles. The van der Waals surface area contributed by atoms with E-state index in [1.54, 1.807) is 0 Å². The van der Waals surface area contributed by atoms with Crippen LogP contribution in [0.2, 0.25) is 0 Å². The third-order valence-corrected chi connectivity index (χ3v) is 4.72. The summed E-state index contributed by atoms with van der Waals surface area (Å²) in [5.74, 6) is 0.969. The third kappa shape index (κ3) is 3.27. The molecule has 21 heavy (non-hydrogen) atoms. The second-order valence-electron chi connectivity index (χ2n) is 6.27. The molecular formula is C15H24N4O2. The maximum atomic E-state index is 12.3. The number of nitrogens with zero attached hydrogens (tertiary/aromatic N) is 1. The standard InChI is InChI=1S/C15H24N4O2/c16-15(6-8-21-9-7-15)14(20)17-13-10-12(18-19-13)11-4-2-1-3-5-11/h10-11H,1-9,16H2,(H2,17,18,19,20). The van der Waals surface area contributed by atoms with E-state index in [9.17, 15) is 4.79 Å². The van der Waals surface area contributed by atoms with Crippen molar-refractivity contribution in [3.8, 4) is 0 Å². The summed E-state index contributed by atoms with van der Waals surface area (Å²) in [6.45, 7) is 1.08. The van der Waals surface area contributed by atoms with Crippen LogP contribution in [0.1, 0.15) is 56.6 Å². The van der Waals surface area contributed by atoms with E-state index in [0.717, 1.165) is 5.69 Å². The van der Waals surface area contributed by atoms with Gasteiger partial charge in [0, 0.05) is 30.9 Å². The van der Waals surface area contributed by atoms with Gasteiger partial charge in [-0.15, -0.1) is 0 Å². The first kappa shape index (κ1) is 14.5. The number of ether oxygens (including phenoxy) is 1. The molecule has 1 aliphatic carbocycles. The number of aromatic amines is 1. The van der Waals surface area contributed by atoms with Gasteiger partial charge in [-0.1, -0.05) is 19.3 Å². The van der Waals surface area contributed by atoms with Gasteiger partial charge in [0.05, 0.1) is 0 Å². The van der Waals surface area contributed by atoms with Gasteiger partial charge < -0.3 is 15.8 Å². The number of rotatable bonds is 3. The molecule has 4 N–H and O–H groups in total. The number of aromatic nitrogens is 2. The van der Waals surface area contributed by atoms with Crippen molar-refractivity contribution in [2.45, 2.75) is 56.4 Å². The molecule has 0 radical (unpaired) electrons. The maximum Gasteiger partial charge on any atom is 0.245 e. The second-order valence-corrected chi connectivity index (χ2v) is 6.27. The summed E-state index contributed by atoms with van der Waals surface area (Å²) in [7, 11) is 0. The zero-order chi connectivity index (χ0) is 14.7. The van der Waals surface area contributed by atoms with Crippen molar-refractivity contribution in [2.24, 2.45) is 5.73 Å². The zero-order valence-electron chi connectivity index (χ0n) is 12.4. The summed E-state index contributed by atoms with van der Waals surface area (Å²) in [5.41, 5.74) is 6.47. The molecule has 0 aromatic carbocycles. The number of hydrogen-bond acceptors (Lipinski definition) is 4. The first-order chi connectivity index (χ1) is 10.2. The number of amides is 1. The molecule has 1 amide bonds. The van der Waals surface area contributed by atoms with Crippen LogP contribution >= 0.6 is 0 Å². The summed E-state index contributed by atoms with van der Waals surface area (Å²) in [5, 5.41) is 10.1. The van der Waals surface area contributed by atoms with Crippen LogP contribution in [0.25, 0.3) is 0 Å². The maximum absolute atomic E-state index is 12.3. The smallest absolute Gasteiger partial charge is 0.245 e. The van der Waals surface area contributed by atoms with Crippen LogP contribution in [0.4, 0.5) is 5.82 Å². The van der Waals surface area contributed by atoms with Gasteiger partial charge in [-0.25, -0.2) is 0 Å². The highest BCUT2D eigenvalue weighted by Gasteiger charge is 2.36. The van der Waals surface area contributed by atoms with Crippen LogP contribution in [-0.4, -0.2) is 34.9 Å². The molecule has 2 fully saturated rings. The van der Waals surface area contributed by atoms with Crippen LogP contribution < -0.4 is 11.1 Å². The Morgan fingerprint density at radius 3 is 2.76 bits per heavy atom. The fourth-order valence-electron chi connectivity index (χ4n) is 3.23. The Morgan fingerprint density at radius 1 is 1.33 bits per heavy atom. The minimum Gasteiger partial charge on any atom is -0.381 e. The first-order valence-electron chi connectivity index (χ1n) is 7.91. The van der Waals surface area contributed by atoms with E-state index < -0.39 is 5.54 Å².